The van der Waals surface area contributed by atoms with Crippen LogP contribution in [0.3, 0.4) is 0 Å². The smallest absolute Gasteiger partial charge is 0.0561 e. The molecule has 0 radical (unpaired) electrons. The SMILES string of the molecule is CC1(C)c2ccccc2-c2ccc(N(c3ccc(C4CCCCC4)cc3)c3ccc4c5ccc(C6CCCCC6)cc5n(-c5ccccc5)c4c3)cc21. The van der Waals surface area contributed by atoms with Crippen molar-refractivity contribution in [2.45, 2.75) is 95.3 Å². The van der Waals surface area contributed by atoms with Crippen LogP contribution in [0, 0.1) is 0 Å². The van der Waals surface area contributed by atoms with E-state index < -0.39 is 0 Å². The summed E-state index contributed by atoms with van der Waals surface area (Å²) < 4.78 is 2.52. The molecule has 0 bridgehead atoms. The lowest BCUT2D eigenvalue weighted by Crippen LogP contribution is -2.16. The van der Waals surface area contributed by atoms with Gasteiger partial charge in [0.05, 0.1) is 11.0 Å². The van der Waals surface area contributed by atoms with Crippen LogP contribution in [-0.2, 0) is 5.41 Å². The Kier molecular flexibility index (Phi) is 8.05. The number of benzene rings is 6. The molecule has 2 heteroatoms. The molecule has 0 N–H and O–H groups in total. The zero-order valence-electron chi connectivity index (χ0n) is 31.3. The molecule has 10 rings (SSSR count). The van der Waals surface area contributed by atoms with Gasteiger partial charge in [0.1, 0.15) is 0 Å². The van der Waals surface area contributed by atoms with Crippen molar-refractivity contribution >= 4 is 38.9 Å². The molecule has 6 aromatic carbocycles. The minimum absolute atomic E-state index is 0.0713. The lowest BCUT2D eigenvalue weighted by Gasteiger charge is -2.29. The number of aromatic nitrogens is 1. The lowest BCUT2D eigenvalue weighted by atomic mass is 9.82. The first-order valence-electron chi connectivity index (χ1n) is 20.3. The highest BCUT2D eigenvalue weighted by molar-refractivity contribution is 6.10. The number of fused-ring (bicyclic) bond motifs is 6. The minimum atomic E-state index is -0.0713. The summed E-state index contributed by atoms with van der Waals surface area (Å²) in [6, 6.07) is 51.3. The van der Waals surface area contributed by atoms with Crippen LogP contribution < -0.4 is 4.90 Å². The molecule has 7 aromatic rings. The molecule has 0 unspecified atom stereocenters. The molecular weight excluding hydrogens is 641 g/mol. The van der Waals surface area contributed by atoms with Gasteiger partial charge in [-0.25, -0.2) is 0 Å². The van der Waals surface area contributed by atoms with Crippen molar-refractivity contribution in [1.82, 2.24) is 4.57 Å². The Labute approximate surface area is 315 Å². The van der Waals surface area contributed by atoms with E-state index in [1.54, 1.807) is 0 Å². The first kappa shape index (κ1) is 32.6. The molecule has 0 aliphatic heterocycles. The molecule has 264 valence electrons. The largest absolute Gasteiger partial charge is 0.310 e. The van der Waals surface area contributed by atoms with Gasteiger partial charge in [-0.3, -0.25) is 0 Å². The molecule has 1 heterocycles. The number of para-hydroxylation sites is 1. The van der Waals surface area contributed by atoms with Crippen LogP contribution in [-0.4, -0.2) is 4.57 Å². The van der Waals surface area contributed by atoms with Gasteiger partial charge in [-0.05, 0) is 125 Å². The molecule has 0 atom stereocenters. The fraction of sp³-hybridized carbons (Fsp3) is 0.294. The third-order valence-corrected chi connectivity index (χ3v) is 13.2. The molecule has 53 heavy (non-hydrogen) atoms. The number of rotatable bonds is 6. The average molecular weight is 691 g/mol. The molecular formula is C51H50N2. The summed E-state index contributed by atoms with van der Waals surface area (Å²) in [6.45, 7) is 4.77. The fourth-order valence-electron chi connectivity index (χ4n) is 10.3. The highest BCUT2D eigenvalue weighted by Gasteiger charge is 2.36. The van der Waals surface area contributed by atoms with E-state index in [0.717, 1.165) is 0 Å². The summed E-state index contributed by atoms with van der Waals surface area (Å²) in [6.07, 6.45) is 13.4. The predicted octanol–water partition coefficient (Wildman–Crippen LogP) is 14.7. The van der Waals surface area contributed by atoms with Crippen LogP contribution in [0.15, 0.2) is 133 Å². The molecule has 2 saturated carbocycles. The molecule has 0 amide bonds. The fourth-order valence-corrected chi connectivity index (χ4v) is 10.3. The van der Waals surface area contributed by atoms with Crippen LogP contribution in [0.4, 0.5) is 17.1 Å². The Bertz CT molecular complexity index is 2440. The van der Waals surface area contributed by atoms with Crippen molar-refractivity contribution < 1.29 is 0 Å². The molecule has 3 aliphatic rings. The molecule has 0 spiro atoms. The van der Waals surface area contributed by atoms with Crippen molar-refractivity contribution in [3.63, 3.8) is 0 Å². The highest BCUT2D eigenvalue weighted by atomic mass is 15.1. The third kappa shape index (κ3) is 5.52. The summed E-state index contributed by atoms with van der Waals surface area (Å²) in [5.74, 6) is 1.34. The van der Waals surface area contributed by atoms with E-state index >= 15 is 0 Å². The van der Waals surface area contributed by atoms with Gasteiger partial charge >= 0.3 is 0 Å². The highest BCUT2D eigenvalue weighted by Crippen LogP contribution is 2.51. The molecule has 3 aliphatic carbocycles. The zero-order valence-corrected chi connectivity index (χ0v) is 31.3. The van der Waals surface area contributed by atoms with Crippen LogP contribution in [0.25, 0.3) is 38.6 Å². The van der Waals surface area contributed by atoms with E-state index in [4.69, 9.17) is 0 Å². The van der Waals surface area contributed by atoms with Crippen molar-refractivity contribution in [2.24, 2.45) is 0 Å². The third-order valence-electron chi connectivity index (χ3n) is 13.2. The second-order valence-electron chi connectivity index (χ2n) is 16.6. The molecule has 2 fully saturated rings. The maximum Gasteiger partial charge on any atom is 0.0561 e. The quantitative estimate of drug-likeness (QED) is 0.169. The van der Waals surface area contributed by atoms with Crippen LogP contribution >= 0.6 is 0 Å². The average Bonchev–Trinajstić information content (AvgIpc) is 3.66. The van der Waals surface area contributed by atoms with Gasteiger partial charge in [0.25, 0.3) is 0 Å². The van der Waals surface area contributed by atoms with Crippen LogP contribution in [0.5, 0.6) is 0 Å². The van der Waals surface area contributed by atoms with E-state index in [1.165, 1.54) is 142 Å². The maximum absolute atomic E-state index is 2.52. The molecule has 2 nitrogen and oxygen atoms in total. The number of hydrogen-bond acceptors (Lipinski definition) is 1. The summed E-state index contributed by atoms with van der Waals surface area (Å²) in [7, 11) is 0. The molecule has 1 aromatic heterocycles. The molecule has 0 saturated heterocycles. The van der Waals surface area contributed by atoms with Crippen molar-refractivity contribution in [2.75, 3.05) is 4.90 Å². The van der Waals surface area contributed by atoms with Gasteiger partial charge in [-0.1, -0.05) is 131 Å². The summed E-state index contributed by atoms with van der Waals surface area (Å²) in [5, 5.41) is 2.64. The maximum atomic E-state index is 2.52. The van der Waals surface area contributed by atoms with E-state index in [1.807, 2.05) is 0 Å². The Balaban J connectivity index is 1.16. The second-order valence-corrected chi connectivity index (χ2v) is 16.6. The number of hydrogen-bond donors (Lipinski definition) is 0. The Morgan fingerprint density at radius 2 is 1.02 bits per heavy atom. The van der Waals surface area contributed by atoms with E-state index in [2.05, 4.69) is 157 Å². The first-order valence-corrected chi connectivity index (χ1v) is 20.3. The predicted molar refractivity (Wildman–Crippen MR) is 225 cm³/mol. The summed E-state index contributed by atoms with van der Waals surface area (Å²) >= 11 is 0. The number of anilines is 3. The standard InChI is InChI=1S/C51H50N2/c1-51(2)47-21-13-12-20-43(47)44-30-27-41(33-48(44)51)52(40-25-22-37(23-26-40)35-14-6-3-7-15-35)42-28-31-46-45-29-24-38(36-16-8-4-9-17-36)32-49(45)53(50(46)34-42)39-18-10-5-11-19-39/h5,10-13,18-36H,3-4,6-9,14-17H2,1-2H3. The summed E-state index contributed by atoms with van der Waals surface area (Å²) in [5.41, 5.74) is 15.8. The zero-order chi connectivity index (χ0) is 35.5. The van der Waals surface area contributed by atoms with Gasteiger partial charge < -0.3 is 9.47 Å². The number of nitrogens with zero attached hydrogens (tertiary/aromatic N) is 2. The Hall–Kier alpha value is -5.08. The van der Waals surface area contributed by atoms with E-state index in [-0.39, 0.29) is 5.41 Å². The topological polar surface area (TPSA) is 8.17 Å². The van der Waals surface area contributed by atoms with Gasteiger partial charge in [0, 0.05) is 38.9 Å². The van der Waals surface area contributed by atoms with Crippen LogP contribution in [0.2, 0.25) is 0 Å². The lowest BCUT2D eigenvalue weighted by molar-refractivity contribution is 0.443. The minimum Gasteiger partial charge on any atom is -0.310 e. The van der Waals surface area contributed by atoms with Crippen molar-refractivity contribution in [1.29, 1.82) is 0 Å². The van der Waals surface area contributed by atoms with E-state index in [0.29, 0.717) is 11.8 Å². The Morgan fingerprint density at radius 3 is 1.75 bits per heavy atom. The second kappa shape index (κ2) is 13.1. The van der Waals surface area contributed by atoms with Crippen LogP contribution in [0.1, 0.15) is 112 Å². The van der Waals surface area contributed by atoms with Gasteiger partial charge in [0.15, 0.2) is 0 Å². The monoisotopic (exact) mass is 690 g/mol. The normalized spacial score (nSPS) is 17.2. The van der Waals surface area contributed by atoms with E-state index in [9.17, 15) is 0 Å². The van der Waals surface area contributed by atoms with Crippen molar-refractivity contribution in [3.05, 3.63) is 156 Å². The summed E-state index contributed by atoms with van der Waals surface area (Å²) in [4.78, 5) is 2.50. The first-order chi connectivity index (χ1) is 26.0. The van der Waals surface area contributed by atoms with Gasteiger partial charge in [-0.15, -0.1) is 0 Å². The van der Waals surface area contributed by atoms with Crippen molar-refractivity contribution in [3.8, 4) is 16.8 Å². The van der Waals surface area contributed by atoms with Gasteiger partial charge in [0.2, 0.25) is 0 Å². The van der Waals surface area contributed by atoms with Gasteiger partial charge in [-0.2, -0.15) is 0 Å². The Morgan fingerprint density at radius 1 is 0.472 bits per heavy atom.